The Morgan fingerprint density at radius 1 is 0.971 bits per heavy atom. The highest BCUT2D eigenvalue weighted by Crippen LogP contribution is 2.24. The Kier molecular flexibility index (Phi) is 5.26. The minimum absolute atomic E-state index is 0.0294. The Hall–Kier alpha value is -3.72. The fourth-order valence-electron chi connectivity index (χ4n) is 4.68. The molecule has 9 nitrogen and oxygen atoms in total. The summed E-state index contributed by atoms with van der Waals surface area (Å²) in [6.45, 7) is 6.46. The van der Waals surface area contributed by atoms with Crippen LogP contribution in [0.5, 0.6) is 0 Å². The van der Waals surface area contributed by atoms with Crippen molar-refractivity contribution in [2.45, 2.75) is 19.8 Å². The van der Waals surface area contributed by atoms with Gasteiger partial charge in [-0.1, -0.05) is 23.8 Å². The molecule has 0 aliphatic carbocycles. The number of ether oxygens (including phenoxy) is 1. The van der Waals surface area contributed by atoms with Gasteiger partial charge in [-0.3, -0.25) is 4.79 Å². The van der Waals surface area contributed by atoms with Gasteiger partial charge >= 0.3 is 0 Å². The van der Waals surface area contributed by atoms with Crippen molar-refractivity contribution in [3.05, 3.63) is 59.9 Å². The second kappa shape index (κ2) is 8.57. The molecule has 9 heteroatoms. The average Bonchev–Trinajstić information content (AvgIpc) is 3.64. The zero-order valence-corrected chi connectivity index (χ0v) is 19.2. The van der Waals surface area contributed by atoms with E-state index in [9.17, 15) is 4.79 Å². The molecule has 0 radical (unpaired) electrons. The van der Waals surface area contributed by atoms with E-state index in [-0.39, 0.29) is 5.91 Å². The topological polar surface area (TPSA) is 80.8 Å². The van der Waals surface area contributed by atoms with Gasteiger partial charge in [0, 0.05) is 50.1 Å². The monoisotopic (exact) mass is 457 g/mol. The van der Waals surface area contributed by atoms with Crippen molar-refractivity contribution >= 4 is 17.4 Å². The van der Waals surface area contributed by atoms with Gasteiger partial charge in [-0.05, 0) is 31.9 Å². The van der Waals surface area contributed by atoms with Gasteiger partial charge in [0.2, 0.25) is 0 Å². The van der Waals surface area contributed by atoms with Gasteiger partial charge < -0.3 is 14.5 Å². The van der Waals surface area contributed by atoms with E-state index >= 15 is 0 Å². The first-order valence-corrected chi connectivity index (χ1v) is 11.8. The van der Waals surface area contributed by atoms with Crippen LogP contribution in [-0.4, -0.2) is 74.6 Å². The second-order valence-corrected chi connectivity index (χ2v) is 8.89. The number of hydrogen-bond donors (Lipinski definition) is 0. The Bertz CT molecular complexity index is 1350. The van der Waals surface area contributed by atoms with Crippen molar-refractivity contribution < 1.29 is 9.53 Å². The highest BCUT2D eigenvalue weighted by molar-refractivity contribution is 5.93. The molecule has 1 aromatic carbocycles. The van der Waals surface area contributed by atoms with Crippen molar-refractivity contribution in [2.75, 3.05) is 44.3 Å². The van der Waals surface area contributed by atoms with Gasteiger partial charge in [-0.25, -0.2) is 9.67 Å². The molecule has 6 rings (SSSR count). The number of amides is 1. The van der Waals surface area contributed by atoms with Gasteiger partial charge in [0.15, 0.2) is 17.2 Å². The molecule has 4 aromatic rings. The Morgan fingerprint density at radius 3 is 2.59 bits per heavy atom. The van der Waals surface area contributed by atoms with Crippen molar-refractivity contribution in [3.8, 4) is 17.1 Å². The first-order chi connectivity index (χ1) is 16.7. The number of aryl methyl sites for hydroxylation is 1. The summed E-state index contributed by atoms with van der Waals surface area (Å²) in [6, 6.07) is 14.1. The maximum Gasteiger partial charge on any atom is 0.274 e. The largest absolute Gasteiger partial charge is 0.378 e. The summed E-state index contributed by atoms with van der Waals surface area (Å²) >= 11 is 0. The smallest absolute Gasteiger partial charge is 0.274 e. The third-order valence-corrected chi connectivity index (χ3v) is 6.48. The first kappa shape index (κ1) is 20.9. The predicted octanol–water partition coefficient (Wildman–Crippen LogP) is 2.96. The van der Waals surface area contributed by atoms with Crippen molar-refractivity contribution in [1.82, 2.24) is 29.3 Å². The lowest BCUT2D eigenvalue weighted by Gasteiger charge is -2.29. The standard InChI is InChI=1S/C25H27N7O2/c1-18-5-4-6-19(15-18)20-7-10-31(27-20)22-17-24(29-11-13-34-14-12-29)32-23(26-22)16-21(28-32)25(33)30-8-2-3-9-30/h4-7,10,15-17H,2-3,8-9,11-14H2,1H3. The van der Waals surface area contributed by atoms with Crippen LogP contribution in [0.1, 0.15) is 28.9 Å². The fourth-order valence-corrected chi connectivity index (χ4v) is 4.68. The maximum absolute atomic E-state index is 13.0. The summed E-state index contributed by atoms with van der Waals surface area (Å²) in [4.78, 5) is 21.9. The highest BCUT2D eigenvalue weighted by atomic mass is 16.5. The molecule has 0 spiro atoms. The van der Waals surface area contributed by atoms with Gasteiger partial charge in [-0.2, -0.15) is 14.7 Å². The molecule has 5 heterocycles. The summed E-state index contributed by atoms with van der Waals surface area (Å²) in [5.74, 6) is 1.54. The zero-order valence-electron chi connectivity index (χ0n) is 19.2. The molecule has 2 fully saturated rings. The molecule has 2 saturated heterocycles. The lowest BCUT2D eigenvalue weighted by molar-refractivity contribution is 0.0786. The number of likely N-dealkylation sites (tertiary alicyclic amines) is 1. The zero-order chi connectivity index (χ0) is 23.1. The maximum atomic E-state index is 13.0. The van der Waals surface area contributed by atoms with E-state index in [1.54, 1.807) is 15.3 Å². The number of hydrogen-bond acceptors (Lipinski definition) is 6. The number of nitrogens with zero attached hydrogens (tertiary/aromatic N) is 7. The summed E-state index contributed by atoms with van der Waals surface area (Å²) in [6.07, 6.45) is 4.01. The van der Waals surface area contributed by atoms with Gasteiger partial charge in [0.25, 0.3) is 5.91 Å². The molecule has 174 valence electrons. The first-order valence-electron chi connectivity index (χ1n) is 11.8. The van der Waals surface area contributed by atoms with E-state index in [0.29, 0.717) is 30.4 Å². The summed E-state index contributed by atoms with van der Waals surface area (Å²) in [7, 11) is 0. The number of fused-ring (bicyclic) bond motifs is 1. The van der Waals surface area contributed by atoms with Crippen LogP contribution in [0.15, 0.2) is 48.7 Å². The molecule has 34 heavy (non-hydrogen) atoms. The van der Waals surface area contributed by atoms with Crippen LogP contribution in [0.3, 0.4) is 0 Å². The molecule has 0 N–H and O–H groups in total. The van der Waals surface area contributed by atoms with E-state index in [4.69, 9.17) is 14.8 Å². The SMILES string of the molecule is Cc1cccc(-c2ccn(-c3cc(N4CCOCC4)n4nc(C(=O)N5CCCC5)cc4n3)n2)c1. The van der Waals surface area contributed by atoms with Crippen LogP contribution in [-0.2, 0) is 4.74 Å². The van der Waals surface area contributed by atoms with Crippen LogP contribution < -0.4 is 4.90 Å². The van der Waals surface area contributed by atoms with Gasteiger partial charge in [0.1, 0.15) is 5.82 Å². The van der Waals surface area contributed by atoms with E-state index in [1.807, 2.05) is 29.3 Å². The Balaban J connectivity index is 1.42. The normalized spacial score (nSPS) is 16.5. The second-order valence-electron chi connectivity index (χ2n) is 8.89. The van der Waals surface area contributed by atoms with Crippen LogP contribution in [0.2, 0.25) is 0 Å². The molecule has 1 amide bonds. The number of carbonyl (C=O) groups is 1. The molecule has 2 aliphatic rings. The van der Waals surface area contributed by atoms with Crippen molar-refractivity contribution in [1.29, 1.82) is 0 Å². The van der Waals surface area contributed by atoms with Crippen molar-refractivity contribution in [2.24, 2.45) is 0 Å². The highest BCUT2D eigenvalue weighted by Gasteiger charge is 2.25. The Labute approximate surface area is 197 Å². The molecule has 3 aromatic heterocycles. The van der Waals surface area contributed by atoms with E-state index in [0.717, 1.165) is 56.1 Å². The molecule has 0 bridgehead atoms. The molecular weight excluding hydrogens is 430 g/mol. The number of rotatable bonds is 4. The van der Waals surface area contributed by atoms with E-state index in [1.165, 1.54) is 5.56 Å². The third kappa shape index (κ3) is 3.81. The summed E-state index contributed by atoms with van der Waals surface area (Å²) in [5, 5.41) is 9.48. The molecule has 0 saturated carbocycles. The lowest BCUT2D eigenvalue weighted by atomic mass is 10.1. The predicted molar refractivity (Wildman–Crippen MR) is 128 cm³/mol. The number of anilines is 1. The summed E-state index contributed by atoms with van der Waals surface area (Å²) in [5.41, 5.74) is 4.21. The number of benzene rings is 1. The van der Waals surface area contributed by atoms with Crippen LogP contribution in [0.25, 0.3) is 22.7 Å². The average molecular weight is 458 g/mol. The van der Waals surface area contributed by atoms with Gasteiger partial charge in [-0.15, -0.1) is 0 Å². The summed E-state index contributed by atoms with van der Waals surface area (Å²) < 4.78 is 9.12. The van der Waals surface area contributed by atoms with E-state index < -0.39 is 0 Å². The number of carbonyl (C=O) groups excluding carboxylic acids is 1. The molecule has 2 aliphatic heterocycles. The van der Waals surface area contributed by atoms with Gasteiger partial charge in [0.05, 0.1) is 18.9 Å². The van der Waals surface area contributed by atoms with Crippen LogP contribution >= 0.6 is 0 Å². The van der Waals surface area contributed by atoms with Crippen LogP contribution in [0, 0.1) is 6.92 Å². The minimum Gasteiger partial charge on any atom is -0.378 e. The van der Waals surface area contributed by atoms with Crippen molar-refractivity contribution in [3.63, 3.8) is 0 Å². The molecule has 0 unspecified atom stereocenters. The molecular formula is C25H27N7O2. The number of aromatic nitrogens is 5. The molecule has 0 atom stereocenters. The third-order valence-electron chi connectivity index (χ3n) is 6.48. The minimum atomic E-state index is -0.0294. The fraction of sp³-hybridized carbons (Fsp3) is 0.360. The van der Waals surface area contributed by atoms with Crippen LogP contribution in [0.4, 0.5) is 5.82 Å². The lowest BCUT2D eigenvalue weighted by Crippen LogP contribution is -2.37. The Morgan fingerprint density at radius 2 is 1.79 bits per heavy atom. The van der Waals surface area contributed by atoms with E-state index in [2.05, 4.69) is 35.1 Å². The quantitative estimate of drug-likeness (QED) is 0.469. The number of morpholine rings is 1.